The van der Waals surface area contributed by atoms with Gasteiger partial charge in [-0.25, -0.2) is 17.5 Å². The summed E-state index contributed by atoms with van der Waals surface area (Å²) in [5.41, 5.74) is 0. The summed E-state index contributed by atoms with van der Waals surface area (Å²) in [6.45, 7) is 1.34. The van der Waals surface area contributed by atoms with Gasteiger partial charge in [0.05, 0.1) is 11.8 Å². The standard InChI is InChI=1S/C18H32N4O5S/c1-27-10-5-8-22-17(23)16-12-15(13-21(16)9-11-28(22,25)26)20-18(24)19-14-6-3-2-4-7-14/h14-16H,2-13H2,1H3,(H2,19,20,24)/t15-,16-/m0/s1. The summed E-state index contributed by atoms with van der Waals surface area (Å²) in [6.07, 6.45) is 6.45. The van der Waals surface area contributed by atoms with E-state index in [-0.39, 0.29) is 36.3 Å². The molecule has 160 valence electrons. The zero-order valence-corrected chi connectivity index (χ0v) is 17.4. The van der Waals surface area contributed by atoms with Crippen molar-refractivity contribution in [2.45, 2.75) is 63.1 Å². The number of fused-ring (bicyclic) bond motifs is 1. The third kappa shape index (κ3) is 5.15. The Labute approximate surface area is 167 Å². The molecule has 3 amide bonds. The number of hydrogen-bond donors (Lipinski definition) is 2. The summed E-state index contributed by atoms with van der Waals surface area (Å²) in [6, 6.07) is -0.616. The van der Waals surface area contributed by atoms with E-state index in [0.717, 1.165) is 30.0 Å². The predicted octanol–water partition coefficient (Wildman–Crippen LogP) is 0.270. The van der Waals surface area contributed by atoms with Crippen LogP contribution in [0.1, 0.15) is 44.9 Å². The molecule has 0 bridgehead atoms. The van der Waals surface area contributed by atoms with E-state index < -0.39 is 16.1 Å². The van der Waals surface area contributed by atoms with Crippen molar-refractivity contribution < 1.29 is 22.7 Å². The summed E-state index contributed by atoms with van der Waals surface area (Å²) < 4.78 is 30.9. The molecule has 3 rings (SSSR count). The predicted molar refractivity (Wildman–Crippen MR) is 104 cm³/mol. The molecule has 10 heteroatoms. The number of methoxy groups -OCH3 is 1. The molecule has 9 nitrogen and oxygen atoms in total. The van der Waals surface area contributed by atoms with E-state index in [4.69, 9.17) is 4.74 Å². The minimum absolute atomic E-state index is 0.0801. The molecular formula is C18H32N4O5S. The van der Waals surface area contributed by atoms with Crippen molar-refractivity contribution in [2.75, 3.05) is 39.1 Å². The molecular weight excluding hydrogens is 384 g/mol. The fourth-order valence-electron chi connectivity index (χ4n) is 4.42. The number of hydrogen-bond acceptors (Lipinski definition) is 6. The number of urea groups is 1. The van der Waals surface area contributed by atoms with E-state index in [9.17, 15) is 18.0 Å². The molecule has 1 saturated carbocycles. The number of rotatable bonds is 6. The number of ether oxygens (including phenoxy) is 1. The molecule has 0 radical (unpaired) electrons. The molecule has 0 aromatic rings. The average Bonchev–Trinajstić information content (AvgIpc) is 3.03. The normalized spacial score (nSPS) is 28.6. The maximum Gasteiger partial charge on any atom is 0.315 e. The van der Waals surface area contributed by atoms with Crippen molar-refractivity contribution >= 4 is 22.0 Å². The Morgan fingerprint density at radius 3 is 2.61 bits per heavy atom. The average molecular weight is 417 g/mol. The first kappa shape index (κ1) is 21.3. The van der Waals surface area contributed by atoms with Crippen molar-refractivity contribution in [2.24, 2.45) is 0 Å². The molecule has 2 N–H and O–H groups in total. The van der Waals surface area contributed by atoms with Gasteiger partial charge in [0.25, 0.3) is 5.91 Å². The van der Waals surface area contributed by atoms with Crippen LogP contribution >= 0.6 is 0 Å². The number of amides is 3. The van der Waals surface area contributed by atoms with E-state index in [1.54, 1.807) is 7.11 Å². The zero-order chi connectivity index (χ0) is 20.1. The molecule has 2 heterocycles. The minimum atomic E-state index is -3.60. The Kier molecular flexibility index (Phi) is 7.16. The molecule has 3 fully saturated rings. The van der Waals surface area contributed by atoms with Crippen molar-refractivity contribution in [3.05, 3.63) is 0 Å². The Hall–Kier alpha value is -1.39. The minimum Gasteiger partial charge on any atom is -0.385 e. The van der Waals surface area contributed by atoms with E-state index in [1.807, 2.05) is 4.90 Å². The van der Waals surface area contributed by atoms with Crippen molar-refractivity contribution in [1.29, 1.82) is 0 Å². The molecule has 0 aromatic carbocycles. The van der Waals surface area contributed by atoms with Gasteiger partial charge in [0.2, 0.25) is 10.0 Å². The lowest BCUT2D eigenvalue weighted by molar-refractivity contribution is -0.130. The summed E-state index contributed by atoms with van der Waals surface area (Å²) in [7, 11) is -2.06. The van der Waals surface area contributed by atoms with E-state index in [0.29, 0.717) is 32.5 Å². The fourth-order valence-corrected chi connectivity index (χ4v) is 5.91. The second-order valence-electron chi connectivity index (χ2n) is 7.97. The SMILES string of the molecule is COCCCN1C(=O)[C@@H]2C[C@H](NC(=O)NC3CCCCC3)CN2CCS1(=O)=O. The van der Waals surface area contributed by atoms with Crippen LogP contribution in [-0.2, 0) is 19.6 Å². The zero-order valence-electron chi connectivity index (χ0n) is 16.6. The van der Waals surface area contributed by atoms with Gasteiger partial charge in [-0.1, -0.05) is 19.3 Å². The van der Waals surface area contributed by atoms with Crippen molar-refractivity contribution in [3.63, 3.8) is 0 Å². The maximum atomic E-state index is 12.9. The molecule has 2 aliphatic heterocycles. The quantitative estimate of drug-likeness (QED) is 0.602. The van der Waals surface area contributed by atoms with Crippen LogP contribution in [0.3, 0.4) is 0 Å². The second-order valence-corrected chi connectivity index (χ2v) is 9.98. The van der Waals surface area contributed by atoms with Gasteiger partial charge in [0.1, 0.15) is 0 Å². The van der Waals surface area contributed by atoms with Crippen LogP contribution in [0.2, 0.25) is 0 Å². The maximum absolute atomic E-state index is 12.9. The second kappa shape index (κ2) is 9.41. The third-order valence-electron chi connectivity index (χ3n) is 5.89. The van der Waals surface area contributed by atoms with E-state index in [2.05, 4.69) is 10.6 Å². The van der Waals surface area contributed by atoms with Gasteiger partial charge in [-0.05, 0) is 25.7 Å². The Morgan fingerprint density at radius 1 is 1.18 bits per heavy atom. The van der Waals surface area contributed by atoms with Crippen LogP contribution in [0.5, 0.6) is 0 Å². The van der Waals surface area contributed by atoms with Crippen LogP contribution in [0, 0.1) is 0 Å². The number of sulfonamides is 1. The molecule has 28 heavy (non-hydrogen) atoms. The first-order valence-corrected chi connectivity index (χ1v) is 11.9. The lowest BCUT2D eigenvalue weighted by Crippen LogP contribution is -2.48. The highest BCUT2D eigenvalue weighted by Gasteiger charge is 2.45. The Morgan fingerprint density at radius 2 is 1.89 bits per heavy atom. The third-order valence-corrected chi connectivity index (χ3v) is 7.62. The van der Waals surface area contributed by atoms with Crippen LogP contribution in [0.25, 0.3) is 0 Å². The Bertz CT molecular complexity index is 665. The van der Waals surface area contributed by atoms with Crippen LogP contribution in [0.15, 0.2) is 0 Å². The lowest BCUT2D eigenvalue weighted by atomic mass is 9.96. The molecule has 0 unspecified atom stereocenters. The van der Waals surface area contributed by atoms with Crippen LogP contribution in [-0.4, -0.2) is 86.8 Å². The number of carbonyl (C=O) groups excluding carboxylic acids is 2. The largest absolute Gasteiger partial charge is 0.385 e. The van der Waals surface area contributed by atoms with Gasteiger partial charge in [-0.3, -0.25) is 9.69 Å². The van der Waals surface area contributed by atoms with Gasteiger partial charge < -0.3 is 15.4 Å². The molecule has 0 aromatic heterocycles. The topological polar surface area (TPSA) is 108 Å². The number of nitrogens with zero attached hydrogens (tertiary/aromatic N) is 2. The van der Waals surface area contributed by atoms with Gasteiger partial charge in [-0.15, -0.1) is 0 Å². The molecule has 2 saturated heterocycles. The summed E-state index contributed by atoms with van der Waals surface area (Å²) >= 11 is 0. The van der Waals surface area contributed by atoms with E-state index in [1.165, 1.54) is 6.42 Å². The number of nitrogens with one attached hydrogen (secondary N) is 2. The van der Waals surface area contributed by atoms with Crippen molar-refractivity contribution in [3.8, 4) is 0 Å². The first-order chi connectivity index (χ1) is 13.4. The Balaban J connectivity index is 1.57. The molecule has 2 atom stereocenters. The molecule has 0 spiro atoms. The summed E-state index contributed by atoms with van der Waals surface area (Å²) in [4.78, 5) is 27.1. The van der Waals surface area contributed by atoms with Gasteiger partial charge in [0.15, 0.2) is 0 Å². The van der Waals surface area contributed by atoms with Crippen molar-refractivity contribution in [1.82, 2.24) is 19.8 Å². The van der Waals surface area contributed by atoms with Gasteiger partial charge in [0, 0.05) is 45.4 Å². The van der Waals surface area contributed by atoms with Crippen LogP contribution in [0.4, 0.5) is 4.79 Å². The van der Waals surface area contributed by atoms with E-state index >= 15 is 0 Å². The highest BCUT2D eigenvalue weighted by Crippen LogP contribution is 2.25. The molecule has 3 aliphatic rings. The fraction of sp³-hybridized carbons (Fsp3) is 0.889. The highest BCUT2D eigenvalue weighted by molar-refractivity contribution is 7.89. The van der Waals surface area contributed by atoms with Gasteiger partial charge in [-0.2, -0.15) is 0 Å². The monoisotopic (exact) mass is 416 g/mol. The smallest absolute Gasteiger partial charge is 0.315 e. The summed E-state index contributed by atoms with van der Waals surface area (Å²) in [5.74, 6) is -0.464. The molecule has 1 aliphatic carbocycles. The number of carbonyl (C=O) groups is 2. The lowest BCUT2D eigenvalue weighted by Gasteiger charge is -2.24. The van der Waals surface area contributed by atoms with Crippen LogP contribution < -0.4 is 10.6 Å². The first-order valence-electron chi connectivity index (χ1n) is 10.2. The van der Waals surface area contributed by atoms with Gasteiger partial charge >= 0.3 is 6.03 Å². The summed E-state index contributed by atoms with van der Waals surface area (Å²) in [5, 5.41) is 6.01. The highest BCUT2D eigenvalue weighted by atomic mass is 32.2.